The van der Waals surface area contributed by atoms with Crippen LogP contribution in [0.1, 0.15) is 25.7 Å². The Bertz CT molecular complexity index is 214. The standard InChI is InChI=1S/C11H17NO2/c1-2-7-12-8-11(13)14-9-10-5-3-4-6-10/h1,10,12H,3-9H2. The van der Waals surface area contributed by atoms with Crippen LogP contribution in [0.15, 0.2) is 0 Å². The van der Waals surface area contributed by atoms with E-state index in [-0.39, 0.29) is 12.5 Å². The van der Waals surface area contributed by atoms with Crippen LogP contribution in [0.25, 0.3) is 0 Å². The van der Waals surface area contributed by atoms with Gasteiger partial charge in [-0.3, -0.25) is 10.1 Å². The molecule has 0 saturated heterocycles. The number of hydrogen-bond donors (Lipinski definition) is 1. The number of hydrogen-bond acceptors (Lipinski definition) is 3. The second-order valence-corrected chi connectivity index (χ2v) is 3.64. The molecule has 1 aliphatic carbocycles. The van der Waals surface area contributed by atoms with Crippen molar-refractivity contribution in [2.24, 2.45) is 5.92 Å². The van der Waals surface area contributed by atoms with E-state index in [0.717, 1.165) is 0 Å². The molecular formula is C11H17NO2. The van der Waals surface area contributed by atoms with Crippen molar-refractivity contribution in [2.75, 3.05) is 19.7 Å². The summed E-state index contributed by atoms with van der Waals surface area (Å²) < 4.78 is 5.10. The Morgan fingerprint density at radius 2 is 2.21 bits per heavy atom. The molecule has 0 spiro atoms. The molecule has 1 rings (SSSR count). The first-order valence-corrected chi connectivity index (χ1v) is 5.12. The quantitative estimate of drug-likeness (QED) is 0.403. The summed E-state index contributed by atoms with van der Waals surface area (Å²) in [5.41, 5.74) is 0. The fourth-order valence-electron chi connectivity index (χ4n) is 1.68. The van der Waals surface area contributed by atoms with Crippen molar-refractivity contribution in [3.63, 3.8) is 0 Å². The van der Waals surface area contributed by atoms with Gasteiger partial charge in [0, 0.05) is 0 Å². The Labute approximate surface area is 85.2 Å². The van der Waals surface area contributed by atoms with Crippen LogP contribution in [-0.4, -0.2) is 25.7 Å². The van der Waals surface area contributed by atoms with E-state index in [1.165, 1.54) is 25.7 Å². The first-order chi connectivity index (χ1) is 6.83. The van der Waals surface area contributed by atoms with Gasteiger partial charge in [0.25, 0.3) is 0 Å². The predicted molar refractivity (Wildman–Crippen MR) is 54.6 cm³/mol. The van der Waals surface area contributed by atoms with Gasteiger partial charge in [0.05, 0.1) is 19.7 Å². The predicted octanol–water partition coefficient (Wildman–Crippen LogP) is 0.943. The molecule has 14 heavy (non-hydrogen) atoms. The largest absolute Gasteiger partial charge is 0.464 e. The summed E-state index contributed by atoms with van der Waals surface area (Å²) in [5.74, 6) is 2.79. The van der Waals surface area contributed by atoms with Gasteiger partial charge in [0.2, 0.25) is 0 Å². The van der Waals surface area contributed by atoms with E-state index in [1.54, 1.807) is 0 Å². The second kappa shape index (κ2) is 6.44. The van der Waals surface area contributed by atoms with E-state index in [0.29, 0.717) is 19.1 Å². The van der Waals surface area contributed by atoms with E-state index < -0.39 is 0 Å². The molecule has 0 aromatic heterocycles. The lowest BCUT2D eigenvalue weighted by molar-refractivity contribution is -0.143. The van der Waals surface area contributed by atoms with Gasteiger partial charge in [-0.05, 0) is 18.8 Å². The highest BCUT2D eigenvalue weighted by atomic mass is 16.5. The van der Waals surface area contributed by atoms with Crippen molar-refractivity contribution in [3.05, 3.63) is 0 Å². The highest BCUT2D eigenvalue weighted by Crippen LogP contribution is 2.24. The molecule has 1 N–H and O–H groups in total. The lowest BCUT2D eigenvalue weighted by Gasteiger charge is -2.09. The van der Waals surface area contributed by atoms with E-state index in [1.807, 2.05) is 0 Å². The van der Waals surface area contributed by atoms with Crippen LogP contribution in [0.2, 0.25) is 0 Å². The van der Waals surface area contributed by atoms with E-state index in [9.17, 15) is 4.79 Å². The van der Waals surface area contributed by atoms with Crippen molar-refractivity contribution < 1.29 is 9.53 Å². The molecule has 0 heterocycles. The summed E-state index contributed by atoms with van der Waals surface area (Å²) in [6, 6.07) is 0. The molecule has 3 nitrogen and oxygen atoms in total. The summed E-state index contributed by atoms with van der Waals surface area (Å²) in [7, 11) is 0. The zero-order chi connectivity index (χ0) is 10.2. The molecule has 3 heteroatoms. The smallest absolute Gasteiger partial charge is 0.319 e. The first-order valence-electron chi connectivity index (χ1n) is 5.12. The molecule has 0 radical (unpaired) electrons. The molecule has 78 valence electrons. The lowest BCUT2D eigenvalue weighted by atomic mass is 10.1. The maximum atomic E-state index is 11.1. The summed E-state index contributed by atoms with van der Waals surface area (Å²) >= 11 is 0. The molecular weight excluding hydrogens is 178 g/mol. The Kier molecular flexibility index (Phi) is 5.09. The fourth-order valence-corrected chi connectivity index (χ4v) is 1.68. The Morgan fingerprint density at radius 3 is 2.86 bits per heavy atom. The van der Waals surface area contributed by atoms with Crippen molar-refractivity contribution in [1.82, 2.24) is 5.32 Å². The SMILES string of the molecule is C#CCNCC(=O)OCC1CCCC1. The molecule has 0 atom stereocenters. The highest BCUT2D eigenvalue weighted by Gasteiger charge is 2.16. The molecule has 0 aromatic rings. The minimum atomic E-state index is -0.202. The van der Waals surface area contributed by atoms with Crippen molar-refractivity contribution in [2.45, 2.75) is 25.7 Å². The Balaban J connectivity index is 2.00. The van der Waals surface area contributed by atoms with Gasteiger partial charge in [0.1, 0.15) is 0 Å². The van der Waals surface area contributed by atoms with Gasteiger partial charge in [-0.25, -0.2) is 0 Å². The summed E-state index contributed by atoms with van der Waals surface area (Å²) in [6.45, 7) is 1.21. The van der Waals surface area contributed by atoms with E-state index in [4.69, 9.17) is 11.2 Å². The maximum absolute atomic E-state index is 11.1. The van der Waals surface area contributed by atoms with Gasteiger partial charge >= 0.3 is 5.97 Å². The molecule has 0 amide bonds. The molecule has 1 fully saturated rings. The number of rotatable bonds is 5. The second-order valence-electron chi connectivity index (χ2n) is 3.64. The third-order valence-corrected chi connectivity index (χ3v) is 2.45. The van der Waals surface area contributed by atoms with Crippen molar-refractivity contribution in [1.29, 1.82) is 0 Å². The van der Waals surface area contributed by atoms with Crippen LogP contribution in [0.5, 0.6) is 0 Å². The normalized spacial score (nSPS) is 16.5. The van der Waals surface area contributed by atoms with Crippen LogP contribution in [-0.2, 0) is 9.53 Å². The van der Waals surface area contributed by atoms with Crippen LogP contribution in [0, 0.1) is 18.3 Å². The number of esters is 1. The average molecular weight is 195 g/mol. The summed E-state index contributed by atoms with van der Waals surface area (Å²) in [5, 5.41) is 2.80. The molecule has 0 aromatic carbocycles. The zero-order valence-corrected chi connectivity index (χ0v) is 8.42. The topological polar surface area (TPSA) is 38.3 Å². The number of ether oxygens (including phenoxy) is 1. The lowest BCUT2D eigenvalue weighted by Crippen LogP contribution is -2.26. The van der Waals surface area contributed by atoms with Crippen LogP contribution < -0.4 is 5.32 Å². The van der Waals surface area contributed by atoms with Gasteiger partial charge < -0.3 is 4.74 Å². The molecule has 1 aliphatic rings. The van der Waals surface area contributed by atoms with Gasteiger partial charge in [-0.1, -0.05) is 18.8 Å². The van der Waals surface area contributed by atoms with Crippen molar-refractivity contribution in [3.8, 4) is 12.3 Å². The summed E-state index contributed by atoms with van der Waals surface area (Å²) in [6.07, 6.45) is 9.97. The Hall–Kier alpha value is -1.01. The minimum absolute atomic E-state index is 0.202. The van der Waals surface area contributed by atoms with E-state index in [2.05, 4.69) is 11.2 Å². The third kappa shape index (κ3) is 4.29. The number of carbonyl (C=O) groups excluding carboxylic acids is 1. The average Bonchev–Trinajstić information content (AvgIpc) is 2.68. The van der Waals surface area contributed by atoms with Crippen LogP contribution in [0.4, 0.5) is 0 Å². The number of carbonyl (C=O) groups is 1. The first kappa shape index (κ1) is 11.1. The van der Waals surface area contributed by atoms with Gasteiger partial charge in [0.15, 0.2) is 0 Å². The number of nitrogens with one attached hydrogen (secondary N) is 1. The monoisotopic (exact) mass is 195 g/mol. The minimum Gasteiger partial charge on any atom is -0.464 e. The third-order valence-electron chi connectivity index (χ3n) is 2.45. The summed E-state index contributed by atoms with van der Waals surface area (Å²) in [4.78, 5) is 11.1. The molecule has 0 unspecified atom stereocenters. The Morgan fingerprint density at radius 1 is 1.50 bits per heavy atom. The molecule has 1 saturated carbocycles. The van der Waals surface area contributed by atoms with Gasteiger partial charge in [-0.15, -0.1) is 6.42 Å². The molecule has 0 aliphatic heterocycles. The van der Waals surface area contributed by atoms with E-state index >= 15 is 0 Å². The zero-order valence-electron chi connectivity index (χ0n) is 8.42. The molecule has 0 bridgehead atoms. The van der Waals surface area contributed by atoms with Crippen LogP contribution >= 0.6 is 0 Å². The highest BCUT2D eigenvalue weighted by molar-refractivity contribution is 5.71. The fraction of sp³-hybridized carbons (Fsp3) is 0.727. The van der Waals surface area contributed by atoms with Crippen LogP contribution in [0.3, 0.4) is 0 Å². The maximum Gasteiger partial charge on any atom is 0.319 e. The van der Waals surface area contributed by atoms with Crippen molar-refractivity contribution >= 4 is 5.97 Å². The van der Waals surface area contributed by atoms with Gasteiger partial charge in [-0.2, -0.15) is 0 Å². The number of terminal acetylenes is 1.